The summed E-state index contributed by atoms with van der Waals surface area (Å²) in [6.07, 6.45) is 2.78. The number of nitrogens with one attached hydrogen (secondary N) is 1. The molecule has 0 saturated carbocycles. The molecular weight excluding hydrogens is 254 g/mol. The van der Waals surface area contributed by atoms with E-state index in [4.69, 9.17) is 4.74 Å². The Balaban J connectivity index is 1.80. The van der Waals surface area contributed by atoms with Gasteiger partial charge < -0.3 is 10.1 Å². The van der Waals surface area contributed by atoms with Crippen molar-refractivity contribution in [1.29, 1.82) is 0 Å². The molecule has 5 heteroatoms. The molecule has 1 aromatic carbocycles. The summed E-state index contributed by atoms with van der Waals surface area (Å²) in [5.41, 5.74) is 1.56. The molecule has 2 rings (SSSR count). The maximum absolute atomic E-state index is 12.0. The molecule has 0 spiro atoms. The standard InChI is InChI=1S/C15H19N3O2/c1-12-8-11-18(17-12)10-5-9-16-15(19)13-6-3-4-7-14(13)20-2/h3-4,6-8,11H,5,9-10H2,1-2H3,(H,16,19). The van der Waals surface area contributed by atoms with Crippen molar-refractivity contribution in [3.05, 3.63) is 47.8 Å². The van der Waals surface area contributed by atoms with Gasteiger partial charge in [0.05, 0.1) is 18.4 Å². The van der Waals surface area contributed by atoms with Crippen LogP contribution in [0.3, 0.4) is 0 Å². The number of hydrogen-bond acceptors (Lipinski definition) is 3. The summed E-state index contributed by atoms with van der Waals surface area (Å²) in [4.78, 5) is 12.0. The predicted molar refractivity (Wildman–Crippen MR) is 76.9 cm³/mol. The van der Waals surface area contributed by atoms with E-state index in [1.165, 1.54) is 0 Å². The van der Waals surface area contributed by atoms with Crippen LogP contribution in [0.15, 0.2) is 36.5 Å². The van der Waals surface area contributed by atoms with E-state index in [9.17, 15) is 4.79 Å². The third kappa shape index (κ3) is 3.60. The zero-order valence-electron chi connectivity index (χ0n) is 11.8. The molecule has 0 aliphatic carbocycles. The van der Waals surface area contributed by atoms with Gasteiger partial charge >= 0.3 is 0 Å². The van der Waals surface area contributed by atoms with Crippen LogP contribution in [0.1, 0.15) is 22.5 Å². The van der Waals surface area contributed by atoms with Gasteiger partial charge in [-0.05, 0) is 31.5 Å². The first-order valence-corrected chi connectivity index (χ1v) is 6.62. The Morgan fingerprint density at radius 3 is 2.85 bits per heavy atom. The van der Waals surface area contributed by atoms with E-state index in [1.807, 2.05) is 36.0 Å². The maximum Gasteiger partial charge on any atom is 0.255 e. The summed E-state index contributed by atoms with van der Waals surface area (Å²) in [7, 11) is 1.56. The highest BCUT2D eigenvalue weighted by molar-refractivity contribution is 5.96. The van der Waals surface area contributed by atoms with Crippen molar-refractivity contribution in [3.8, 4) is 5.75 Å². The van der Waals surface area contributed by atoms with Gasteiger partial charge in [-0.15, -0.1) is 0 Å². The van der Waals surface area contributed by atoms with Crippen molar-refractivity contribution in [3.63, 3.8) is 0 Å². The number of ether oxygens (including phenoxy) is 1. The van der Waals surface area contributed by atoms with Crippen molar-refractivity contribution in [2.45, 2.75) is 19.9 Å². The molecule has 1 heterocycles. The first-order valence-electron chi connectivity index (χ1n) is 6.62. The molecule has 0 bridgehead atoms. The van der Waals surface area contributed by atoms with E-state index in [-0.39, 0.29) is 5.91 Å². The SMILES string of the molecule is COc1ccccc1C(=O)NCCCn1ccc(C)n1. The van der Waals surface area contributed by atoms with Gasteiger partial charge in [0.1, 0.15) is 5.75 Å². The normalized spacial score (nSPS) is 10.3. The van der Waals surface area contributed by atoms with Crippen molar-refractivity contribution in [2.24, 2.45) is 0 Å². The lowest BCUT2D eigenvalue weighted by Crippen LogP contribution is -2.25. The molecule has 0 aliphatic heterocycles. The number of benzene rings is 1. The van der Waals surface area contributed by atoms with Crippen LogP contribution < -0.4 is 10.1 Å². The molecule has 0 atom stereocenters. The molecule has 0 radical (unpaired) electrons. The lowest BCUT2D eigenvalue weighted by molar-refractivity contribution is 0.0949. The second kappa shape index (κ2) is 6.75. The number of nitrogens with zero attached hydrogens (tertiary/aromatic N) is 2. The highest BCUT2D eigenvalue weighted by Crippen LogP contribution is 2.16. The zero-order chi connectivity index (χ0) is 14.4. The maximum atomic E-state index is 12.0. The molecular formula is C15H19N3O2. The van der Waals surface area contributed by atoms with Crippen LogP contribution in [0.2, 0.25) is 0 Å². The summed E-state index contributed by atoms with van der Waals surface area (Å²) in [5, 5.41) is 7.19. The fourth-order valence-corrected chi connectivity index (χ4v) is 1.96. The van der Waals surface area contributed by atoms with Crippen LogP contribution in [-0.4, -0.2) is 29.3 Å². The number of aromatic nitrogens is 2. The lowest BCUT2D eigenvalue weighted by atomic mass is 10.2. The minimum Gasteiger partial charge on any atom is -0.496 e. The number of carbonyl (C=O) groups excluding carboxylic acids is 1. The minimum atomic E-state index is -0.112. The Hall–Kier alpha value is -2.30. The molecule has 5 nitrogen and oxygen atoms in total. The molecule has 0 saturated heterocycles. The van der Waals surface area contributed by atoms with Crippen molar-refractivity contribution in [1.82, 2.24) is 15.1 Å². The van der Waals surface area contributed by atoms with Crippen molar-refractivity contribution >= 4 is 5.91 Å². The first kappa shape index (κ1) is 14.1. The van der Waals surface area contributed by atoms with E-state index < -0.39 is 0 Å². The van der Waals surface area contributed by atoms with Crippen LogP contribution in [-0.2, 0) is 6.54 Å². The van der Waals surface area contributed by atoms with E-state index in [1.54, 1.807) is 19.2 Å². The molecule has 1 aromatic heterocycles. The minimum absolute atomic E-state index is 0.112. The largest absolute Gasteiger partial charge is 0.496 e. The number of aryl methyl sites for hydroxylation is 2. The predicted octanol–water partition coefficient (Wildman–Crippen LogP) is 2.02. The van der Waals surface area contributed by atoms with Crippen LogP contribution in [0, 0.1) is 6.92 Å². The summed E-state index contributed by atoms with van der Waals surface area (Å²) in [6.45, 7) is 3.36. The Morgan fingerprint density at radius 2 is 2.15 bits per heavy atom. The summed E-state index contributed by atoms with van der Waals surface area (Å²) < 4.78 is 7.05. The number of methoxy groups -OCH3 is 1. The van der Waals surface area contributed by atoms with E-state index in [0.717, 1.165) is 18.7 Å². The third-order valence-electron chi connectivity index (χ3n) is 2.98. The molecule has 0 aliphatic rings. The Morgan fingerprint density at radius 1 is 1.35 bits per heavy atom. The number of carbonyl (C=O) groups is 1. The van der Waals surface area contributed by atoms with Crippen molar-refractivity contribution in [2.75, 3.05) is 13.7 Å². The quantitative estimate of drug-likeness (QED) is 0.819. The van der Waals surface area contributed by atoms with Gasteiger partial charge in [-0.25, -0.2) is 0 Å². The molecule has 1 N–H and O–H groups in total. The summed E-state index contributed by atoms with van der Waals surface area (Å²) in [5.74, 6) is 0.479. The van der Waals surface area contributed by atoms with E-state index in [0.29, 0.717) is 17.9 Å². The number of hydrogen-bond donors (Lipinski definition) is 1. The van der Waals surface area contributed by atoms with Gasteiger partial charge in [0.2, 0.25) is 0 Å². The Kier molecular flexibility index (Phi) is 4.76. The number of rotatable bonds is 6. The zero-order valence-corrected chi connectivity index (χ0v) is 11.8. The number of para-hydroxylation sites is 1. The molecule has 1 amide bonds. The average Bonchev–Trinajstić information content (AvgIpc) is 2.89. The van der Waals surface area contributed by atoms with Gasteiger partial charge in [0.15, 0.2) is 0 Å². The van der Waals surface area contributed by atoms with Crippen LogP contribution in [0.5, 0.6) is 5.75 Å². The monoisotopic (exact) mass is 273 g/mol. The fraction of sp³-hybridized carbons (Fsp3) is 0.333. The molecule has 20 heavy (non-hydrogen) atoms. The van der Waals surface area contributed by atoms with Crippen molar-refractivity contribution < 1.29 is 9.53 Å². The smallest absolute Gasteiger partial charge is 0.255 e. The lowest BCUT2D eigenvalue weighted by Gasteiger charge is -2.09. The summed E-state index contributed by atoms with van der Waals surface area (Å²) in [6, 6.07) is 9.17. The molecule has 106 valence electrons. The van der Waals surface area contributed by atoms with Gasteiger partial charge in [0.25, 0.3) is 5.91 Å². The Bertz CT molecular complexity index is 578. The molecule has 0 unspecified atom stereocenters. The molecule has 2 aromatic rings. The van der Waals surface area contributed by atoms with Crippen LogP contribution in [0.4, 0.5) is 0 Å². The van der Waals surface area contributed by atoms with Gasteiger partial charge in [-0.3, -0.25) is 9.48 Å². The Labute approximate surface area is 118 Å². The second-order valence-electron chi connectivity index (χ2n) is 4.53. The highest BCUT2D eigenvalue weighted by atomic mass is 16.5. The highest BCUT2D eigenvalue weighted by Gasteiger charge is 2.10. The second-order valence-corrected chi connectivity index (χ2v) is 4.53. The number of amides is 1. The van der Waals surface area contributed by atoms with Crippen LogP contribution in [0.25, 0.3) is 0 Å². The van der Waals surface area contributed by atoms with E-state index in [2.05, 4.69) is 10.4 Å². The molecule has 0 fully saturated rings. The van der Waals surface area contributed by atoms with Gasteiger partial charge in [-0.1, -0.05) is 12.1 Å². The van der Waals surface area contributed by atoms with Gasteiger partial charge in [-0.2, -0.15) is 5.10 Å². The summed E-state index contributed by atoms with van der Waals surface area (Å²) >= 11 is 0. The average molecular weight is 273 g/mol. The van der Waals surface area contributed by atoms with E-state index >= 15 is 0 Å². The topological polar surface area (TPSA) is 56.1 Å². The fourth-order valence-electron chi connectivity index (χ4n) is 1.96. The third-order valence-corrected chi connectivity index (χ3v) is 2.98. The van der Waals surface area contributed by atoms with Gasteiger partial charge in [0, 0.05) is 19.3 Å². The van der Waals surface area contributed by atoms with Crippen LogP contribution >= 0.6 is 0 Å². The first-order chi connectivity index (χ1) is 9.70.